The lowest BCUT2D eigenvalue weighted by atomic mass is 10.2. The lowest BCUT2D eigenvalue weighted by molar-refractivity contribution is -0.141. The third-order valence-corrected chi connectivity index (χ3v) is 2.65. The van der Waals surface area contributed by atoms with Gasteiger partial charge in [-0.2, -0.15) is 13.2 Å². The van der Waals surface area contributed by atoms with E-state index in [-0.39, 0.29) is 11.5 Å². The van der Waals surface area contributed by atoms with Crippen LogP contribution in [0.4, 0.5) is 23.5 Å². The summed E-state index contributed by atoms with van der Waals surface area (Å²) in [7, 11) is 0. The molecule has 1 aromatic carbocycles. The summed E-state index contributed by atoms with van der Waals surface area (Å²) < 4.78 is 51.3. The summed E-state index contributed by atoms with van der Waals surface area (Å²) in [6.07, 6.45) is -5.30. The minimum atomic E-state index is -4.29. The summed E-state index contributed by atoms with van der Waals surface area (Å²) in [5.41, 5.74) is 6.23. The van der Waals surface area contributed by atoms with Crippen molar-refractivity contribution < 1.29 is 17.6 Å². The van der Waals surface area contributed by atoms with Crippen molar-refractivity contribution in [3.05, 3.63) is 24.0 Å². The second kappa shape index (κ2) is 4.15. The van der Waals surface area contributed by atoms with Crippen molar-refractivity contribution in [3.8, 4) is 0 Å². The van der Waals surface area contributed by atoms with Gasteiger partial charge in [0.05, 0.1) is 17.5 Å². The average Bonchev–Trinajstić information content (AvgIpc) is 2.50. The molecule has 1 aromatic heterocycles. The Kier molecular flexibility index (Phi) is 2.92. The van der Waals surface area contributed by atoms with Crippen molar-refractivity contribution in [2.24, 2.45) is 0 Å². The molecule has 0 spiro atoms. The molecule has 0 aliphatic rings. The zero-order chi connectivity index (χ0) is 13.5. The number of hydrogen-bond donors (Lipinski definition) is 1. The second-order valence-electron chi connectivity index (χ2n) is 4.14. The lowest BCUT2D eigenvalue weighted by Crippen LogP contribution is -2.17. The molecule has 0 saturated heterocycles. The highest BCUT2D eigenvalue weighted by molar-refractivity contribution is 5.78. The molecule has 0 saturated carbocycles. The van der Waals surface area contributed by atoms with Gasteiger partial charge in [-0.15, -0.1) is 0 Å². The number of rotatable bonds is 2. The molecule has 3 nitrogen and oxygen atoms in total. The van der Waals surface area contributed by atoms with Gasteiger partial charge in [0, 0.05) is 12.1 Å². The first kappa shape index (κ1) is 12.7. The number of imidazole rings is 1. The Morgan fingerprint density at radius 1 is 1.39 bits per heavy atom. The van der Waals surface area contributed by atoms with Crippen LogP contribution in [0.15, 0.2) is 18.2 Å². The van der Waals surface area contributed by atoms with E-state index in [4.69, 9.17) is 5.73 Å². The summed E-state index contributed by atoms with van der Waals surface area (Å²) in [4.78, 5) is 3.86. The Morgan fingerprint density at radius 3 is 2.67 bits per heavy atom. The fourth-order valence-electron chi connectivity index (χ4n) is 1.98. The molecule has 18 heavy (non-hydrogen) atoms. The van der Waals surface area contributed by atoms with Gasteiger partial charge in [-0.3, -0.25) is 0 Å². The number of nitrogens with two attached hydrogens (primary N) is 1. The minimum Gasteiger partial charge on any atom is -0.369 e. The third-order valence-electron chi connectivity index (χ3n) is 2.65. The van der Waals surface area contributed by atoms with E-state index >= 15 is 0 Å². The quantitative estimate of drug-likeness (QED) is 0.843. The van der Waals surface area contributed by atoms with E-state index in [0.29, 0.717) is 5.52 Å². The van der Waals surface area contributed by atoms with Crippen molar-refractivity contribution in [3.63, 3.8) is 0 Å². The SMILES string of the molecule is CC(CC(F)(F)F)n1c(N)nc2cc(F)ccc21. The van der Waals surface area contributed by atoms with Crippen molar-refractivity contribution in [2.45, 2.75) is 25.6 Å². The first-order chi connectivity index (χ1) is 8.28. The van der Waals surface area contributed by atoms with Crippen LogP contribution in [0.25, 0.3) is 11.0 Å². The number of aromatic nitrogens is 2. The first-order valence-electron chi connectivity index (χ1n) is 5.27. The minimum absolute atomic E-state index is 0.0487. The third kappa shape index (κ3) is 2.39. The zero-order valence-corrected chi connectivity index (χ0v) is 9.50. The Balaban J connectivity index is 2.47. The monoisotopic (exact) mass is 261 g/mol. The van der Waals surface area contributed by atoms with Crippen molar-refractivity contribution in [1.29, 1.82) is 0 Å². The van der Waals surface area contributed by atoms with Gasteiger partial charge < -0.3 is 10.3 Å². The Labute approximate surface area is 100 Å². The number of fused-ring (bicyclic) bond motifs is 1. The zero-order valence-electron chi connectivity index (χ0n) is 9.50. The summed E-state index contributed by atoms with van der Waals surface area (Å²) in [6.45, 7) is 1.40. The molecular formula is C11H11F4N3. The highest BCUT2D eigenvalue weighted by atomic mass is 19.4. The van der Waals surface area contributed by atoms with E-state index in [1.807, 2.05) is 0 Å². The molecule has 1 atom stereocenters. The molecule has 0 aliphatic heterocycles. The number of alkyl halides is 3. The number of benzene rings is 1. The Bertz CT molecular complexity index is 573. The second-order valence-corrected chi connectivity index (χ2v) is 4.14. The number of nitrogens with zero attached hydrogens (tertiary/aromatic N) is 2. The van der Waals surface area contributed by atoms with Gasteiger partial charge in [0.1, 0.15) is 5.82 Å². The summed E-state index contributed by atoms with van der Waals surface area (Å²) >= 11 is 0. The maximum Gasteiger partial charge on any atom is 0.391 e. The fourth-order valence-corrected chi connectivity index (χ4v) is 1.98. The highest BCUT2D eigenvalue weighted by Crippen LogP contribution is 2.31. The first-order valence-corrected chi connectivity index (χ1v) is 5.27. The smallest absolute Gasteiger partial charge is 0.369 e. The molecule has 98 valence electrons. The van der Waals surface area contributed by atoms with Crippen LogP contribution in [-0.2, 0) is 0 Å². The van der Waals surface area contributed by atoms with Gasteiger partial charge in [0.25, 0.3) is 0 Å². The van der Waals surface area contributed by atoms with E-state index in [1.165, 1.54) is 23.6 Å². The molecular weight excluding hydrogens is 250 g/mol. The lowest BCUT2D eigenvalue weighted by Gasteiger charge is -2.17. The van der Waals surface area contributed by atoms with Crippen LogP contribution in [-0.4, -0.2) is 15.7 Å². The van der Waals surface area contributed by atoms with Gasteiger partial charge in [-0.05, 0) is 19.1 Å². The maximum atomic E-state index is 13.0. The molecule has 0 aliphatic carbocycles. The van der Waals surface area contributed by atoms with Crippen LogP contribution in [0.2, 0.25) is 0 Å². The number of hydrogen-bond acceptors (Lipinski definition) is 2. The number of anilines is 1. The van der Waals surface area contributed by atoms with Gasteiger partial charge in [-0.25, -0.2) is 9.37 Å². The predicted octanol–water partition coefficient (Wildman–Crippen LogP) is 3.27. The summed E-state index contributed by atoms with van der Waals surface area (Å²) in [5.74, 6) is -0.553. The molecule has 0 radical (unpaired) electrons. The van der Waals surface area contributed by atoms with E-state index in [0.717, 1.165) is 6.07 Å². The number of halogens is 4. The Hall–Kier alpha value is -1.79. The molecule has 0 bridgehead atoms. The normalized spacial score (nSPS) is 14.1. The average molecular weight is 261 g/mol. The molecule has 1 unspecified atom stereocenters. The summed E-state index contributed by atoms with van der Waals surface area (Å²) in [5, 5.41) is 0. The molecule has 1 heterocycles. The largest absolute Gasteiger partial charge is 0.391 e. The molecule has 7 heteroatoms. The van der Waals surface area contributed by atoms with E-state index in [1.54, 1.807) is 0 Å². The summed E-state index contributed by atoms with van der Waals surface area (Å²) in [6, 6.07) is 2.80. The van der Waals surface area contributed by atoms with Gasteiger partial charge in [0.15, 0.2) is 0 Å². The molecule has 0 fully saturated rings. The fraction of sp³-hybridized carbons (Fsp3) is 0.364. The number of nitrogen functional groups attached to an aromatic ring is 1. The van der Waals surface area contributed by atoms with Crippen molar-refractivity contribution in [2.75, 3.05) is 5.73 Å². The van der Waals surface area contributed by atoms with Crippen LogP contribution < -0.4 is 5.73 Å². The van der Waals surface area contributed by atoms with Gasteiger partial charge in [0.2, 0.25) is 5.95 Å². The maximum absolute atomic E-state index is 13.0. The molecule has 2 N–H and O–H groups in total. The highest BCUT2D eigenvalue weighted by Gasteiger charge is 2.31. The van der Waals surface area contributed by atoms with Crippen LogP contribution in [0, 0.1) is 5.82 Å². The van der Waals surface area contributed by atoms with Crippen LogP contribution in [0.5, 0.6) is 0 Å². The van der Waals surface area contributed by atoms with E-state index in [9.17, 15) is 17.6 Å². The van der Waals surface area contributed by atoms with Crippen molar-refractivity contribution >= 4 is 17.0 Å². The Morgan fingerprint density at radius 2 is 2.06 bits per heavy atom. The van der Waals surface area contributed by atoms with Gasteiger partial charge in [-0.1, -0.05) is 0 Å². The molecule has 2 rings (SSSR count). The molecule has 2 aromatic rings. The van der Waals surface area contributed by atoms with E-state index in [2.05, 4.69) is 4.98 Å². The van der Waals surface area contributed by atoms with Gasteiger partial charge >= 0.3 is 6.18 Å². The molecule has 0 amide bonds. The topological polar surface area (TPSA) is 43.8 Å². The predicted molar refractivity (Wildman–Crippen MR) is 59.5 cm³/mol. The van der Waals surface area contributed by atoms with Crippen molar-refractivity contribution in [1.82, 2.24) is 9.55 Å². The van der Waals surface area contributed by atoms with Crippen LogP contribution in [0.1, 0.15) is 19.4 Å². The van der Waals surface area contributed by atoms with Crippen LogP contribution >= 0.6 is 0 Å². The van der Waals surface area contributed by atoms with E-state index < -0.39 is 24.5 Å². The van der Waals surface area contributed by atoms with Crippen LogP contribution in [0.3, 0.4) is 0 Å². The standard InChI is InChI=1S/C11H11F4N3/c1-6(5-11(13,14)15)18-9-3-2-7(12)4-8(9)17-10(18)16/h2-4,6H,5H2,1H3,(H2,16,17).